The van der Waals surface area contributed by atoms with Crippen molar-refractivity contribution < 1.29 is 17.5 Å². The van der Waals surface area contributed by atoms with Gasteiger partial charge in [-0.25, -0.2) is 17.9 Å². The fourth-order valence-corrected chi connectivity index (χ4v) is 5.47. The van der Waals surface area contributed by atoms with Gasteiger partial charge in [-0.15, -0.1) is 0 Å². The Morgan fingerprint density at radius 1 is 1.20 bits per heavy atom. The molecule has 1 aliphatic carbocycles. The first-order chi connectivity index (χ1) is 16.5. The van der Waals surface area contributed by atoms with Gasteiger partial charge in [0, 0.05) is 12.3 Å². The molecule has 0 aliphatic heterocycles. The highest BCUT2D eigenvalue weighted by Gasteiger charge is 2.29. The third kappa shape index (κ3) is 5.85. The van der Waals surface area contributed by atoms with Crippen LogP contribution in [-0.2, 0) is 22.1 Å². The van der Waals surface area contributed by atoms with E-state index in [2.05, 4.69) is 9.71 Å². The van der Waals surface area contributed by atoms with E-state index in [1.54, 1.807) is 38.1 Å². The summed E-state index contributed by atoms with van der Waals surface area (Å²) in [5, 5.41) is 0. The van der Waals surface area contributed by atoms with E-state index in [1.807, 2.05) is 4.98 Å². The summed E-state index contributed by atoms with van der Waals surface area (Å²) in [5.74, 6) is -0.549. The zero-order valence-electron chi connectivity index (χ0n) is 19.5. The highest BCUT2D eigenvalue weighted by atomic mass is 32.2. The van der Waals surface area contributed by atoms with Crippen LogP contribution in [0.4, 0.5) is 4.39 Å². The van der Waals surface area contributed by atoms with Gasteiger partial charge in [-0.3, -0.25) is 19.3 Å². The predicted molar refractivity (Wildman–Crippen MR) is 127 cm³/mol. The third-order valence-corrected chi connectivity index (χ3v) is 7.61. The number of sulfonamides is 1. The maximum absolute atomic E-state index is 13.5. The van der Waals surface area contributed by atoms with Crippen molar-refractivity contribution in [3.05, 3.63) is 86.7 Å². The van der Waals surface area contributed by atoms with Crippen molar-refractivity contribution in [1.29, 1.82) is 0 Å². The lowest BCUT2D eigenvalue weighted by molar-refractivity contribution is 0.209. The van der Waals surface area contributed by atoms with Crippen LogP contribution >= 0.6 is 0 Å². The molecule has 1 saturated carbocycles. The fourth-order valence-electron chi connectivity index (χ4n) is 4.03. The zero-order valence-corrected chi connectivity index (χ0v) is 20.3. The number of rotatable bonds is 8. The Bertz CT molecular complexity index is 1430. The topological polar surface area (TPSA) is 123 Å². The van der Waals surface area contributed by atoms with Crippen LogP contribution in [0.2, 0.25) is 0 Å². The van der Waals surface area contributed by atoms with E-state index in [1.165, 1.54) is 18.3 Å². The summed E-state index contributed by atoms with van der Waals surface area (Å²) in [7, 11) is -3.87. The van der Waals surface area contributed by atoms with Crippen LogP contribution in [0.15, 0.2) is 63.3 Å². The van der Waals surface area contributed by atoms with Crippen LogP contribution in [0.3, 0.4) is 0 Å². The van der Waals surface area contributed by atoms with Crippen molar-refractivity contribution in [2.45, 2.75) is 62.6 Å². The molecule has 0 spiro atoms. The number of hydrogen-bond acceptors (Lipinski definition) is 6. The van der Waals surface area contributed by atoms with Crippen LogP contribution in [0.1, 0.15) is 50.8 Å². The molecule has 0 radical (unpaired) electrons. The molecular weight excluding hydrogens is 475 g/mol. The molecule has 1 aromatic carbocycles. The second-order valence-electron chi connectivity index (χ2n) is 9.13. The number of ether oxygens (including phenoxy) is 1. The Morgan fingerprint density at radius 2 is 1.94 bits per heavy atom. The summed E-state index contributed by atoms with van der Waals surface area (Å²) in [6.07, 6.45) is 6.59. The molecule has 2 N–H and O–H groups in total. The van der Waals surface area contributed by atoms with E-state index < -0.39 is 32.6 Å². The van der Waals surface area contributed by atoms with Crippen molar-refractivity contribution in [2.75, 3.05) is 0 Å². The van der Waals surface area contributed by atoms with E-state index in [9.17, 15) is 22.4 Å². The summed E-state index contributed by atoms with van der Waals surface area (Å²) < 4.78 is 49.4. The maximum atomic E-state index is 13.5. The minimum absolute atomic E-state index is 0.0627. The molecule has 9 nitrogen and oxygen atoms in total. The minimum atomic E-state index is -3.87. The summed E-state index contributed by atoms with van der Waals surface area (Å²) in [6.45, 7) is 3.36. The molecule has 2 aromatic heterocycles. The number of halogens is 1. The lowest BCUT2D eigenvalue weighted by Crippen LogP contribution is -2.41. The number of H-pyrrole nitrogens is 1. The Morgan fingerprint density at radius 3 is 2.63 bits per heavy atom. The SMILES string of the molecule is CC(C)(NS(=O)(=O)c1cccc(OC2CCCC2)c1)c1ccc(Cn2cc(F)c(=O)[nH]c2=O)nc1. The third-order valence-electron chi connectivity index (χ3n) is 5.96. The normalized spacial score (nSPS) is 14.8. The molecule has 2 heterocycles. The van der Waals surface area contributed by atoms with Crippen LogP contribution in [0.5, 0.6) is 5.75 Å². The molecular formula is C24H27FN4O5S. The molecule has 4 rings (SSSR count). The van der Waals surface area contributed by atoms with Crippen LogP contribution in [-0.4, -0.2) is 29.1 Å². The molecule has 1 aliphatic rings. The summed E-state index contributed by atoms with van der Waals surface area (Å²) in [4.78, 5) is 29.3. The molecule has 0 atom stereocenters. The molecule has 0 unspecified atom stereocenters. The van der Waals surface area contributed by atoms with E-state index in [4.69, 9.17) is 4.74 Å². The lowest BCUT2D eigenvalue weighted by atomic mass is 9.97. The van der Waals surface area contributed by atoms with Gasteiger partial charge >= 0.3 is 5.69 Å². The average molecular weight is 503 g/mol. The number of benzene rings is 1. The monoisotopic (exact) mass is 502 g/mol. The van der Waals surface area contributed by atoms with Crippen molar-refractivity contribution in [1.82, 2.24) is 19.3 Å². The van der Waals surface area contributed by atoms with Gasteiger partial charge in [0.15, 0.2) is 0 Å². The van der Waals surface area contributed by atoms with Gasteiger partial charge in [0.05, 0.1) is 35.0 Å². The van der Waals surface area contributed by atoms with E-state index >= 15 is 0 Å². The first-order valence-electron chi connectivity index (χ1n) is 11.3. The molecule has 35 heavy (non-hydrogen) atoms. The Balaban J connectivity index is 1.49. The molecule has 0 amide bonds. The number of pyridine rings is 1. The van der Waals surface area contributed by atoms with E-state index in [0.717, 1.165) is 36.4 Å². The van der Waals surface area contributed by atoms with Gasteiger partial charge in [-0.1, -0.05) is 12.1 Å². The predicted octanol–water partition coefficient (Wildman–Crippen LogP) is 2.65. The molecule has 11 heteroatoms. The Labute approximate surface area is 202 Å². The number of hydrogen-bond donors (Lipinski definition) is 2. The van der Waals surface area contributed by atoms with Gasteiger partial charge in [0.2, 0.25) is 15.8 Å². The largest absolute Gasteiger partial charge is 0.490 e. The fraction of sp³-hybridized carbons (Fsp3) is 0.375. The minimum Gasteiger partial charge on any atom is -0.490 e. The number of nitrogens with one attached hydrogen (secondary N) is 2. The first kappa shape index (κ1) is 24.8. The van der Waals surface area contributed by atoms with E-state index in [0.29, 0.717) is 17.0 Å². The second kappa shape index (κ2) is 9.74. The smallest absolute Gasteiger partial charge is 0.328 e. The maximum Gasteiger partial charge on any atom is 0.328 e. The highest BCUT2D eigenvalue weighted by molar-refractivity contribution is 7.89. The van der Waals surface area contributed by atoms with Crippen molar-refractivity contribution in [2.24, 2.45) is 0 Å². The van der Waals surface area contributed by atoms with Gasteiger partial charge in [-0.05, 0) is 63.3 Å². The lowest BCUT2D eigenvalue weighted by Gasteiger charge is -2.26. The van der Waals surface area contributed by atoms with Gasteiger partial charge in [0.25, 0.3) is 5.56 Å². The number of aromatic nitrogens is 3. The van der Waals surface area contributed by atoms with Crippen LogP contribution < -0.4 is 20.7 Å². The molecule has 3 aromatic rings. The molecule has 0 saturated heterocycles. The quantitative estimate of drug-likeness (QED) is 0.488. The van der Waals surface area contributed by atoms with Gasteiger partial charge < -0.3 is 4.74 Å². The number of nitrogens with zero attached hydrogens (tertiary/aromatic N) is 2. The van der Waals surface area contributed by atoms with Crippen LogP contribution in [0.25, 0.3) is 0 Å². The Kier molecular flexibility index (Phi) is 6.91. The second-order valence-corrected chi connectivity index (χ2v) is 10.8. The van der Waals surface area contributed by atoms with Crippen molar-refractivity contribution in [3.63, 3.8) is 0 Å². The average Bonchev–Trinajstić information content (AvgIpc) is 3.30. The highest BCUT2D eigenvalue weighted by Crippen LogP contribution is 2.27. The number of aromatic amines is 1. The summed E-state index contributed by atoms with van der Waals surface area (Å²) >= 11 is 0. The van der Waals surface area contributed by atoms with Gasteiger partial charge in [-0.2, -0.15) is 4.39 Å². The molecule has 186 valence electrons. The van der Waals surface area contributed by atoms with Crippen molar-refractivity contribution >= 4 is 10.0 Å². The Hall–Kier alpha value is -3.31. The zero-order chi connectivity index (χ0) is 25.2. The van der Waals surface area contributed by atoms with E-state index in [-0.39, 0.29) is 17.5 Å². The first-order valence-corrected chi connectivity index (χ1v) is 12.8. The summed E-state index contributed by atoms with van der Waals surface area (Å²) in [5.41, 5.74) is -1.83. The van der Waals surface area contributed by atoms with Crippen LogP contribution in [0, 0.1) is 5.82 Å². The summed E-state index contributed by atoms with van der Waals surface area (Å²) in [6, 6.07) is 9.74. The van der Waals surface area contributed by atoms with Gasteiger partial charge in [0.1, 0.15) is 5.75 Å². The van der Waals surface area contributed by atoms with Crippen molar-refractivity contribution in [3.8, 4) is 5.75 Å². The molecule has 1 fully saturated rings. The standard InChI is InChI=1S/C24H27FN4O5S/c1-24(2,16-10-11-17(26-13-16)14-29-15-21(25)22(30)27-23(29)31)28-35(32,33)20-9-5-8-19(12-20)34-18-6-3-4-7-18/h5,8-13,15,18,28H,3-4,6-7,14H2,1-2H3,(H,27,30,31). The molecule has 0 bridgehead atoms.